The van der Waals surface area contributed by atoms with Gasteiger partial charge in [0.2, 0.25) is 0 Å². The summed E-state index contributed by atoms with van der Waals surface area (Å²) in [7, 11) is 4.15. The van der Waals surface area contributed by atoms with Gasteiger partial charge in [-0.3, -0.25) is 4.90 Å². The van der Waals surface area contributed by atoms with Crippen LogP contribution >= 0.6 is 0 Å². The number of hydrogen-bond acceptors (Lipinski definition) is 4. The smallest absolute Gasteiger partial charge is 0.0593 e. The third-order valence-electron chi connectivity index (χ3n) is 3.71. The van der Waals surface area contributed by atoms with Crippen LogP contribution in [0.1, 0.15) is 26.7 Å². The fourth-order valence-electron chi connectivity index (χ4n) is 2.32. The van der Waals surface area contributed by atoms with Crippen molar-refractivity contribution >= 4 is 0 Å². The van der Waals surface area contributed by atoms with E-state index in [1.54, 1.807) is 0 Å². The second kappa shape index (κ2) is 10.3. The zero-order valence-corrected chi connectivity index (χ0v) is 13.8. The van der Waals surface area contributed by atoms with Crippen LogP contribution < -0.4 is 5.32 Å². The molecule has 1 rings (SSSR count). The van der Waals surface area contributed by atoms with E-state index >= 15 is 0 Å². The molecule has 0 radical (unpaired) electrons. The first-order chi connectivity index (χ1) is 9.58. The van der Waals surface area contributed by atoms with E-state index in [1.165, 1.54) is 31.5 Å². The molecule has 0 aromatic carbocycles. The number of likely N-dealkylation sites (N-methyl/N-ethyl adjacent to an activating group) is 1. The molecule has 1 fully saturated rings. The van der Waals surface area contributed by atoms with Gasteiger partial charge in [-0.15, -0.1) is 0 Å². The van der Waals surface area contributed by atoms with Crippen LogP contribution in [0.25, 0.3) is 0 Å². The van der Waals surface area contributed by atoms with Crippen LogP contribution in [-0.2, 0) is 4.74 Å². The van der Waals surface area contributed by atoms with E-state index in [-0.39, 0.29) is 0 Å². The number of nitrogens with zero attached hydrogens (tertiary/aromatic N) is 2. The van der Waals surface area contributed by atoms with Crippen molar-refractivity contribution < 1.29 is 4.74 Å². The SMILES string of the molecule is CC(C)=CCN1CCC(NCCOCCN(C)C)CC1. The average molecular weight is 283 g/mol. The van der Waals surface area contributed by atoms with E-state index < -0.39 is 0 Å². The molecule has 0 amide bonds. The van der Waals surface area contributed by atoms with E-state index in [4.69, 9.17) is 4.74 Å². The molecule has 4 heteroatoms. The number of piperidine rings is 1. The first kappa shape index (κ1) is 17.6. The molecule has 0 bridgehead atoms. The van der Waals surface area contributed by atoms with Gasteiger partial charge in [-0.2, -0.15) is 0 Å². The number of likely N-dealkylation sites (tertiary alicyclic amines) is 1. The molecule has 4 nitrogen and oxygen atoms in total. The summed E-state index contributed by atoms with van der Waals surface area (Å²) in [5, 5.41) is 3.61. The second-order valence-corrected chi connectivity index (χ2v) is 6.23. The largest absolute Gasteiger partial charge is 0.379 e. The Balaban J connectivity index is 1.98. The number of nitrogens with one attached hydrogen (secondary N) is 1. The standard InChI is InChI=1S/C16H33N3O/c1-15(2)5-9-19-10-6-16(7-11-19)17-8-13-20-14-12-18(3)4/h5,16-17H,6-14H2,1-4H3. The molecule has 0 saturated carbocycles. The molecule has 0 aromatic rings. The Labute approximate surface area is 125 Å². The lowest BCUT2D eigenvalue weighted by atomic mass is 10.1. The zero-order chi connectivity index (χ0) is 14.8. The topological polar surface area (TPSA) is 27.7 Å². The van der Waals surface area contributed by atoms with E-state index in [0.29, 0.717) is 6.04 Å². The van der Waals surface area contributed by atoms with Crippen molar-refractivity contribution in [2.75, 3.05) is 60.0 Å². The zero-order valence-electron chi connectivity index (χ0n) is 13.8. The molecule has 1 N–H and O–H groups in total. The highest BCUT2D eigenvalue weighted by Crippen LogP contribution is 2.10. The van der Waals surface area contributed by atoms with Crippen molar-refractivity contribution in [3.8, 4) is 0 Å². The van der Waals surface area contributed by atoms with Gasteiger partial charge >= 0.3 is 0 Å². The molecule has 0 atom stereocenters. The first-order valence-corrected chi connectivity index (χ1v) is 7.89. The van der Waals surface area contributed by atoms with Crippen molar-refractivity contribution in [3.05, 3.63) is 11.6 Å². The molecule has 1 saturated heterocycles. The molecular formula is C16H33N3O. The van der Waals surface area contributed by atoms with Gasteiger partial charge in [-0.25, -0.2) is 0 Å². The van der Waals surface area contributed by atoms with Gasteiger partial charge in [0.15, 0.2) is 0 Å². The minimum atomic E-state index is 0.676. The van der Waals surface area contributed by atoms with Gasteiger partial charge in [-0.1, -0.05) is 11.6 Å². The van der Waals surface area contributed by atoms with Gasteiger partial charge in [-0.05, 0) is 53.9 Å². The van der Waals surface area contributed by atoms with Crippen molar-refractivity contribution in [1.82, 2.24) is 15.1 Å². The minimum absolute atomic E-state index is 0.676. The third-order valence-corrected chi connectivity index (χ3v) is 3.71. The highest BCUT2D eigenvalue weighted by molar-refractivity contribution is 4.95. The van der Waals surface area contributed by atoms with Crippen molar-refractivity contribution in [2.24, 2.45) is 0 Å². The molecule has 1 heterocycles. The van der Waals surface area contributed by atoms with Gasteiger partial charge < -0.3 is 15.0 Å². The molecule has 1 aliphatic rings. The lowest BCUT2D eigenvalue weighted by Gasteiger charge is -2.31. The minimum Gasteiger partial charge on any atom is -0.379 e. The van der Waals surface area contributed by atoms with Crippen LogP contribution in [0.3, 0.4) is 0 Å². The molecule has 0 aliphatic carbocycles. The van der Waals surface area contributed by atoms with Crippen LogP contribution in [0.2, 0.25) is 0 Å². The Morgan fingerprint density at radius 2 is 1.95 bits per heavy atom. The summed E-state index contributed by atoms with van der Waals surface area (Å²) in [5.41, 5.74) is 1.42. The summed E-state index contributed by atoms with van der Waals surface area (Å²) < 4.78 is 5.60. The Hall–Kier alpha value is -0.420. The van der Waals surface area contributed by atoms with E-state index in [0.717, 1.165) is 32.8 Å². The van der Waals surface area contributed by atoms with E-state index in [2.05, 4.69) is 49.1 Å². The highest BCUT2D eigenvalue weighted by atomic mass is 16.5. The monoisotopic (exact) mass is 283 g/mol. The first-order valence-electron chi connectivity index (χ1n) is 7.89. The summed E-state index contributed by atoms with van der Waals surface area (Å²) in [5.74, 6) is 0. The fraction of sp³-hybridized carbons (Fsp3) is 0.875. The lowest BCUT2D eigenvalue weighted by Crippen LogP contribution is -2.43. The van der Waals surface area contributed by atoms with Crippen LogP contribution in [-0.4, -0.2) is 75.9 Å². The van der Waals surface area contributed by atoms with Crippen LogP contribution in [0, 0.1) is 0 Å². The highest BCUT2D eigenvalue weighted by Gasteiger charge is 2.17. The molecular weight excluding hydrogens is 250 g/mol. The maximum atomic E-state index is 5.60. The van der Waals surface area contributed by atoms with Gasteiger partial charge in [0.1, 0.15) is 0 Å². The van der Waals surface area contributed by atoms with Crippen LogP contribution in [0.15, 0.2) is 11.6 Å². The Morgan fingerprint density at radius 3 is 2.55 bits per heavy atom. The summed E-state index contributed by atoms with van der Waals surface area (Å²) in [4.78, 5) is 4.69. The Bertz CT molecular complexity index is 267. The van der Waals surface area contributed by atoms with Gasteiger partial charge in [0, 0.05) is 25.7 Å². The summed E-state index contributed by atoms with van der Waals surface area (Å²) in [6.07, 6.45) is 4.84. The second-order valence-electron chi connectivity index (χ2n) is 6.23. The van der Waals surface area contributed by atoms with Crippen molar-refractivity contribution in [2.45, 2.75) is 32.7 Å². The molecule has 1 aliphatic heterocycles. The van der Waals surface area contributed by atoms with Crippen molar-refractivity contribution in [3.63, 3.8) is 0 Å². The summed E-state index contributed by atoms with van der Waals surface area (Å²) in [6.45, 7) is 11.5. The predicted octanol–water partition coefficient (Wildman–Crippen LogP) is 1.58. The fourth-order valence-corrected chi connectivity index (χ4v) is 2.32. The maximum Gasteiger partial charge on any atom is 0.0593 e. The lowest BCUT2D eigenvalue weighted by molar-refractivity contribution is 0.114. The van der Waals surface area contributed by atoms with E-state index in [9.17, 15) is 0 Å². The van der Waals surface area contributed by atoms with Gasteiger partial charge in [0.05, 0.1) is 13.2 Å². The van der Waals surface area contributed by atoms with E-state index in [1.807, 2.05) is 0 Å². The molecule has 0 aromatic heterocycles. The normalized spacial score (nSPS) is 17.6. The molecule has 0 spiro atoms. The Morgan fingerprint density at radius 1 is 1.25 bits per heavy atom. The average Bonchev–Trinajstić information content (AvgIpc) is 2.41. The summed E-state index contributed by atoms with van der Waals surface area (Å²) in [6, 6.07) is 0.676. The number of allylic oxidation sites excluding steroid dienone is 1. The maximum absolute atomic E-state index is 5.60. The number of ether oxygens (including phenoxy) is 1. The number of rotatable bonds is 9. The number of hydrogen-bond donors (Lipinski definition) is 1. The molecule has 0 unspecified atom stereocenters. The van der Waals surface area contributed by atoms with Gasteiger partial charge in [0.25, 0.3) is 0 Å². The quantitative estimate of drug-likeness (QED) is 0.514. The molecule has 118 valence electrons. The Kier molecular flexibility index (Phi) is 9.10. The summed E-state index contributed by atoms with van der Waals surface area (Å²) >= 11 is 0. The predicted molar refractivity (Wildman–Crippen MR) is 86.3 cm³/mol. The third kappa shape index (κ3) is 8.69. The van der Waals surface area contributed by atoms with Crippen LogP contribution in [0.4, 0.5) is 0 Å². The van der Waals surface area contributed by atoms with Crippen LogP contribution in [0.5, 0.6) is 0 Å². The van der Waals surface area contributed by atoms with Crippen molar-refractivity contribution in [1.29, 1.82) is 0 Å². The molecule has 20 heavy (non-hydrogen) atoms.